The van der Waals surface area contributed by atoms with Crippen LogP contribution in [0.5, 0.6) is 0 Å². The normalized spacial score (nSPS) is 67.8. The summed E-state index contributed by atoms with van der Waals surface area (Å²) in [5.41, 5.74) is 0. The van der Waals surface area contributed by atoms with Crippen LogP contribution in [-0.2, 0) is 0 Å². The molecule has 2 bridgehead atoms. The Labute approximate surface area is 75.7 Å². The molecule has 4 aliphatic carbocycles. The molecule has 12 heavy (non-hydrogen) atoms. The van der Waals surface area contributed by atoms with Crippen LogP contribution < -0.4 is 0 Å². The van der Waals surface area contributed by atoms with Crippen molar-refractivity contribution in [3.8, 4) is 0 Å². The average Bonchev–Trinajstić information content (AvgIpc) is 2.49. The van der Waals surface area contributed by atoms with E-state index in [1.54, 1.807) is 12.8 Å². The predicted molar refractivity (Wildman–Crippen MR) is 50.7 cm³/mol. The van der Waals surface area contributed by atoms with Crippen molar-refractivity contribution in [1.29, 1.82) is 0 Å². The van der Waals surface area contributed by atoms with Gasteiger partial charge in [-0.15, -0.1) is 0 Å². The van der Waals surface area contributed by atoms with Gasteiger partial charge in [0.05, 0.1) is 0 Å². The van der Waals surface area contributed by atoms with Crippen molar-refractivity contribution in [3.63, 3.8) is 0 Å². The topological polar surface area (TPSA) is 0 Å². The van der Waals surface area contributed by atoms with Gasteiger partial charge >= 0.3 is 0 Å². The van der Waals surface area contributed by atoms with Crippen LogP contribution in [0.3, 0.4) is 0 Å². The highest BCUT2D eigenvalue weighted by Gasteiger charge is 2.61. The predicted octanol–water partition coefficient (Wildman–Crippen LogP) is 3.18. The summed E-state index contributed by atoms with van der Waals surface area (Å²) in [7, 11) is 0. The lowest BCUT2D eigenvalue weighted by atomic mass is 9.67. The van der Waals surface area contributed by atoms with Crippen molar-refractivity contribution in [2.75, 3.05) is 0 Å². The third-order valence-electron chi connectivity index (χ3n) is 5.38. The van der Waals surface area contributed by atoms with E-state index in [0.29, 0.717) is 0 Å². The van der Waals surface area contributed by atoms with Gasteiger partial charge in [-0.05, 0) is 54.3 Å². The van der Waals surface area contributed by atoms with Crippen molar-refractivity contribution in [3.05, 3.63) is 0 Å². The smallest absolute Gasteiger partial charge is 0.0321 e. The third-order valence-corrected chi connectivity index (χ3v) is 5.38. The summed E-state index contributed by atoms with van der Waals surface area (Å²) in [6.07, 6.45) is 3.13. The maximum atomic E-state index is 2.49. The van der Waals surface area contributed by atoms with E-state index in [1.165, 1.54) is 5.92 Å². The fourth-order valence-corrected chi connectivity index (χ4v) is 4.18. The molecule has 0 N–H and O–H groups in total. The van der Waals surface area contributed by atoms with E-state index in [4.69, 9.17) is 0 Å². The van der Waals surface area contributed by atoms with Gasteiger partial charge in [-0.3, -0.25) is 0 Å². The summed E-state index contributed by atoms with van der Waals surface area (Å²) >= 11 is 0. The van der Waals surface area contributed by atoms with Gasteiger partial charge in [-0.25, -0.2) is 0 Å². The highest BCUT2D eigenvalue weighted by Crippen LogP contribution is 2.67. The van der Waals surface area contributed by atoms with Crippen LogP contribution in [0.4, 0.5) is 0 Å². The van der Waals surface area contributed by atoms with Crippen LogP contribution in [-0.4, -0.2) is 0 Å². The van der Waals surface area contributed by atoms with E-state index in [0.717, 1.165) is 35.5 Å². The quantitative estimate of drug-likeness (QED) is 0.558. The summed E-state index contributed by atoms with van der Waals surface area (Å²) in [6, 6.07) is 0. The van der Waals surface area contributed by atoms with Gasteiger partial charge in [0.1, 0.15) is 0 Å². The zero-order valence-corrected chi connectivity index (χ0v) is 8.46. The van der Waals surface area contributed by atoms with Crippen molar-refractivity contribution >= 4 is 0 Å². The maximum Gasteiger partial charge on any atom is -0.0321 e. The summed E-state index contributed by atoms with van der Waals surface area (Å²) in [4.78, 5) is 0. The molecule has 0 radical (unpaired) electrons. The van der Waals surface area contributed by atoms with E-state index in [1.807, 2.05) is 0 Å². The highest BCUT2D eigenvalue weighted by molar-refractivity contribution is 5.09. The van der Waals surface area contributed by atoms with E-state index in [2.05, 4.69) is 20.8 Å². The molecule has 0 aliphatic heterocycles. The van der Waals surface area contributed by atoms with Gasteiger partial charge in [0, 0.05) is 0 Å². The third kappa shape index (κ3) is 0.701. The van der Waals surface area contributed by atoms with Gasteiger partial charge in [-0.2, -0.15) is 0 Å². The summed E-state index contributed by atoms with van der Waals surface area (Å²) in [5, 5.41) is 0. The lowest BCUT2D eigenvalue weighted by Gasteiger charge is -2.38. The molecule has 0 aromatic carbocycles. The molecule has 68 valence electrons. The van der Waals surface area contributed by atoms with Gasteiger partial charge in [0.25, 0.3) is 0 Å². The zero-order chi connectivity index (χ0) is 8.46. The number of hydrogen-bond donors (Lipinski definition) is 0. The Morgan fingerprint density at radius 2 is 1.25 bits per heavy atom. The van der Waals surface area contributed by atoms with Crippen LogP contribution >= 0.6 is 0 Å². The highest BCUT2D eigenvalue weighted by atomic mass is 14.7. The van der Waals surface area contributed by atoms with Crippen molar-refractivity contribution < 1.29 is 0 Å². The Hall–Kier alpha value is 0. The van der Waals surface area contributed by atoms with E-state index >= 15 is 0 Å². The fraction of sp³-hybridized carbons (Fsp3) is 1.00. The Morgan fingerprint density at radius 3 is 1.58 bits per heavy atom. The average molecular weight is 164 g/mol. The lowest BCUT2D eigenvalue weighted by molar-refractivity contribution is 0.105. The molecule has 0 aromatic rings. The number of hydrogen-bond acceptors (Lipinski definition) is 0. The molecule has 0 aromatic heterocycles. The van der Waals surface area contributed by atoms with Gasteiger partial charge in [0.15, 0.2) is 0 Å². The molecular weight excluding hydrogens is 144 g/mol. The molecule has 0 saturated heterocycles. The molecule has 4 fully saturated rings. The zero-order valence-electron chi connectivity index (χ0n) is 8.46. The molecule has 0 heteroatoms. The first-order chi connectivity index (χ1) is 5.70. The summed E-state index contributed by atoms with van der Waals surface area (Å²) < 4.78 is 0. The van der Waals surface area contributed by atoms with E-state index in [9.17, 15) is 0 Å². The molecule has 4 rings (SSSR count). The lowest BCUT2D eigenvalue weighted by Crippen LogP contribution is -2.32. The minimum atomic E-state index is 1.05. The molecule has 0 heterocycles. The van der Waals surface area contributed by atoms with Gasteiger partial charge in [0.2, 0.25) is 0 Å². The fourth-order valence-electron chi connectivity index (χ4n) is 4.18. The van der Waals surface area contributed by atoms with Gasteiger partial charge < -0.3 is 0 Å². The molecule has 4 saturated carbocycles. The molecule has 0 nitrogen and oxygen atoms in total. The summed E-state index contributed by atoms with van der Waals surface area (Å²) in [6.45, 7) is 7.42. The second-order valence-electron chi connectivity index (χ2n) is 5.74. The van der Waals surface area contributed by atoms with Crippen LogP contribution in [0.25, 0.3) is 0 Å². The molecule has 6 unspecified atom stereocenters. The van der Waals surface area contributed by atoms with E-state index < -0.39 is 0 Å². The minimum absolute atomic E-state index is 1.05. The second kappa shape index (κ2) is 2.08. The molecular formula is C12H20. The second-order valence-corrected chi connectivity index (χ2v) is 5.74. The Morgan fingerprint density at radius 1 is 0.750 bits per heavy atom. The molecule has 4 aliphatic rings. The minimum Gasteiger partial charge on any atom is -0.0622 e. The first-order valence-corrected chi connectivity index (χ1v) is 5.70. The first-order valence-electron chi connectivity index (χ1n) is 5.70. The molecule has 0 amide bonds. The van der Waals surface area contributed by atoms with Crippen molar-refractivity contribution in [2.45, 2.75) is 33.6 Å². The molecule has 6 atom stereocenters. The number of fused-ring (bicyclic) bond motifs is 1. The SMILES string of the molecule is CC1CC1C1C2CC1C(C)C2C. The monoisotopic (exact) mass is 164 g/mol. The standard InChI is InChI=1S/C12H20/c1-6-4-9(6)12-10-5-11(12)8(3)7(10)2/h6-12H,4-5H2,1-3H3. The Balaban J connectivity index is 1.77. The van der Waals surface area contributed by atoms with Crippen LogP contribution in [0.1, 0.15) is 33.6 Å². The maximum absolute atomic E-state index is 2.49. The van der Waals surface area contributed by atoms with Crippen LogP contribution in [0.2, 0.25) is 0 Å². The van der Waals surface area contributed by atoms with Crippen molar-refractivity contribution in [1.82, 2.24) is 0 Å². The van der Waals surface area contributed by atoms with Crippen LogP contribution in [0, 0.1) is 41.4 Å². The molecule has 0 spiro atoms. The van der Waals surface area contributed by atoms with Crippen LogP contribution in [0.15, 0.2) is 0 Å². The first kappa shape index (κ1) is 7.41. The van der Waals surface area contributed by atoms with Crippen molar-refractivity contribution in [2.24, 2.45) is 41.4 Å². The van der Waals surface area contributed by atoms with E-state index in [-0.39, 0.29) is 0 Å². The largest absolute Gasteiger partial charge is 0.0622 e. The Kier molecular flexibility index (Phi) is 1.28. The Bertz CT molecular complexity index is 194. The number of rotatable bonds is 1. The summed E-state index contributed by atoms with van der Waals surface area (Å²) in [5.74, 6) is 7.78. The van der Waals surface area contributed by atoms with Gasteiger partial charge in [-0.1, -0.05) is 20.8 Å².